The van der Waals surface area contributed by atoms with Crippen LogP contribution >= 0.6 is 43.2 Å². The van der Waals surface area contributed by atoms with Crippen LogP contribution in [0.15, 0.2) is 20.7 Å². The summed E-state index contributed by atoms with van der Waals surface area (Å²) in [7, 11) is 1.96. The van der Waals surface area contributed by atoms with Crippen LogP contribution in [0.2, 0.25) is 0 Å². The first kappa shape index (κ1) is 13.2. The molecule has 0 aliphatic carbocycles. The zero-order valence-corrected chi connectivity index (χ0v) is 13.3. The monoisotopic (exact) mass is 378 g/mol. The molecule has 92 valence electrons. The van der Waals surface area contributed by atoms with Crippen molar-refractivity contribution in [2.45, 2.75) is 13.0 Å². The molecule has 0 aromatic carbocycles. The average molecular weight is 380 g/mol. The number of nitrogens with one attached hydrogen (secondary N) is 1. The molecular weight excluding hydrogens is 368 g/mol. The Morgan fingerprint density at radius 1 is 1.47 bits per heavy atom. The summed E-state index contributed by atoms with van der Waals surface area (Å²) in [5.74, 6) is 1.01. The van der Waals surface area contributed by atoms with E-state index in [0.717, 1.165) is 33.6 Å². The summed E-state index contributed by atoms with van der Waals surface area (Å²) in [6, 6.07) is 2.13. The summed E-state index contributed by atoms with van der Waals surface area (Å²) < 4.78 is 4.20. The Kier molecular flexibility index (Phi) is 4.72. The van der Waals surface area contributed by atoms with Crippen LogP contribution in [0.3, 0.4) is 0 Å². The summed E-state index contributed by atoms with van der Waals surface area (Å²) in [5.41, 5.74) is 0. The van der Waals surface area contributed by atoms with E-state index in [1.165, 1.54) is 4.88 Å². The highest BCUT2D eigenvalue weighted by Gasteiger charge is 2.04. The van der Waals surface area contributed by atoms with Crippen LogP contribution in [-0.2, 0) is 20.0 Å². The number of hydrogen-bond donors (Lipinski definition) is 1. The molecule has 0 radical (unpaired) electrons. The lowest BCUT2D eigenvalue weighted by molar-refractivity contribution is 0.658. The van der Waals surface area contributed by atoms with Gasteiger partial charge in [-0.1, -0.05) is 0 Å². The smallest absolute Gasteiger partial charge is 0.133 e. The number of thiophene rings is 1. The van der Waals surface area contributed by atoms with E-state index in [9.17, 15) is 0 Å². The number of aryl methyl sites for hydroxylation is 1. The second-order valence-electron chi connectivity index (χ2n) is 3.62. The summed E-state index contributed by atoms with van der Waals surface area (Å²) in [6.45, 7) is 1.78. The second kappa shape index (κ2) is 6.08. The van der Waals surface area contributed by atoms with Gasteiger partial charge < -0.3 is 9.88 Å². The molecule has 7 heteroatoms. The molecule has 0 bridgehead atoms. The Labute approximate surface area is 121 Å². The lowest BCUT2D eigenvalue weighted by Crippen LogP contribution is -2.17. The molecule has 2 aromatic rings. The van der Waals surface area contributed by atoms with Gasteiger partial charge >= 0.3 is 0 Å². The van der Waals surface area contributed by atoms with Crippen LogP contribution < -0.4 is 5.32 Å². The Bertz CT molecular complexity index is 475. The fourth-order valence-corrected chi connectivity index (χ4v) is 3.57. The minimum atomic E-state index is 0.882. The molecule has 0 fully saturated rings. The molecule has 2 aromatic heterocycles. The molecule has 17 heavy (non-hydrogen) atoms. The van der Waals surface area contributed by atoms with Gasteiger partial charge in [-0.05, 0) is 37.9 Å². The third-order valence-electron chi connectivity index (χ3n) is 2.33. The standard InChI is InChI=1S/C10H12Br2N4S/c1-16-6-14-15-9(16)2-3-13-5-7-4-8(11)10(12)17-7/h4,6,13H,2-3,5H2,1H3. The summed E-state index contributed by atoms with van der Waals surface area (Å²) in [6.07, 6.45) is 2.62. The first-order valence-electron chi connectivity index (χ1n) is 5.14. The van der Waals surface area contributed by atoms with E-state index < -0.39 is 0 Å². The molecule has 0 atom stereocenters. The fourth-order valence-electron chi connectivity index (χ4n) is 1.42. The zero-order valence-electron chi connectivity index (χ0n) is 9.28. The molecule has 0 aliphatic rings. The largest absolute Gasteiger partial charge is 0.321 e. The Hall–Kier alpha value is -0.240. The van der Waals surface area contributed by atoms with Crippen molar-refractivity contribution in [1.29, 1.82) is 0 Å². The van der Waals surface area contributed by atoms with Crippen molar-refractivity contribution in [3.8, 4) is 0 Å². The summed E-state index contributed by atoms with van der Waals surface area (Å²) in [5, 5.41) is 11.3. The van der Waals surface area contributed by atoms with Crippen LogP contribution in [0.1, 0.15) is 10.7 Å². The van der Waals surface area contributed by atoms with Crippen LogP contribution in [0, 0.1) is 0 Å². The van der Waals surface area contributed by atoms with Crippen LogP contribution in [0.5, 0.6) is 0 Å². The highest BCUT2D eigenvalue weighted by Crippen LogP contribution is 2.32. The summed E-state index contributed by atoms with van der Waals surface area (Å²) >= 11 is 8.71. The highest BCUT2D eigenvalue weighted by atomic mass is 79.9. The van der Waals surface area contributed by atoms with Crippen molar-refractivity contribution in [1.82, 2.24) is 20.1 Å². The van der Waals surface area contributed by atoms with Gasteiger partial charge in [0.05, 0.1) is 3.79 Å². The van der Waals surface area contributed by atoms with Crippen molar-refractivity contribution in [2.24, 2.45) is 7.05 Å². The van der Waals surface area contributed by atoms with Crippen molar-refractivity contribution >= 4 is 43.2 Å². The Balaban J connectivity index is 1.75. The van der Waals surface area contributed by atoms with Gasteiger partial charge in [-0.3, -0.25) is 0 Å². The van der Waals surface area contributed by atoms with E-state index in [1.54, 1.807) is 17.7 Å². The highest BCUT2D eigenvalue weighted by molar-refractivity contribution is 9.13. The number of hydrogen-bond acceptors (Lipinski definition) is 4. The lowest BCUT2D eigenvalue weighted by atomic mass is 10.4. The summed E-state index contributed by atoms with van der Waals surface area (Å²) in [4.78, 5) is 1.31. The molecule has 0 aliphatic heterocycles. The van der Waals surface area contributed by atoms with Gasteiger partial charge in [0.15, 0.2) is 0 Å². The van der Waals surface area contributed by atoms with E-state index in [4.69, 9.17) is 0 Å². The predicted molar refractivity (Wildman–Crippen MR) is 76.1 cm³/mol. The molecule has 0 spiro atoms. The van der Waals surface area contributed by atoms with E-state index in [2.05, 4.69) is 53.4 Å². The molecule has 0 saturated heterocycles. The molecule has 0 saturated carbocycles. The minimum absolute atomic E-state index is 0.882. The molecule has 2 heterocycles. The number of rotatable bonds is 5. The maximum atomic E-state index is 4.04. The molecule has 2 rings (SSSR count). The van der Waals surface area contributed by atoms with E-state index in [-0.39, 0.29) is 0 Å². The fraction of sp³-hybridized carbons (Fsp3) is 0.400. The third-order valence-corrected chi connectivity index (χ3v) is 5.58. The Morgan fingerprint density at radius 2 is 2.29 bits per heavy atom. The van der Waals surface area contributed by atoms with Gasteiger partial charge in [0.25, 0.3) is 0 Å². The SMILES string of the molecule is Cn1cnnc1CCNCc1cc(Br)c(Br)s1. The Morgan fingerprint density at radius 3 is 2.88 bits per heavy atom. The first-order valence-corrected chi connectivity index (χ1v) is 7.54. The molecular formula is C10H12Br2N4S. The lowest BCUT2D eigenvalue weighted by Gasteiger charge is -2.02. The first-order chi connectivity index (χ1) is 8.16. The normalized spacial score (nSPS) is 11.0. The molecule has 4 nitrogen and oxygen atoms in total. The van der Waals surface area contributed by atoms with Crippen LogP contribution in [0.25, 0.3) is 0 Å². The van der Waals surface area contributed by atoms with Gasteiger partial charge in [-0.2, -0.15) is 0 Å². The quantitative estimate of drug-likeness (QED) is 0.812. The zero-order chi connectivity index (χ0) is 12.3. The second-order valence-corrected chi connectivity index (χ2v) is 6.93. The van der Waals surface area contributed by atoms with Crippen LogP contribution in [0.4, 0.5) is 0 Å². The van der Waals surface area contributed by atoms with Gasteiger partial charge in [0.1, 0.15) is 12.2 Å². The van der Waals surface area contributed by atoms with Gasteiger partial charge in [-0.25, -0.2) is 0 Å². The number of aromatic nitrogens is 3. The topological polar surface area (TPSA) is 42.7 Å². The van der Waals surface area contributed by atoms with Crippen molar-refractivity contribution in [3.05, 3.63) is 31.4 Å². The van der Waals surface area contributed by atoms with E-state index in [0.29, 0.717) is 0 Å². The van der Waals surface area contributed by atoms with Gasteiger partial charge in [-0.15, -0.1) is 21.5 Å². The number of nitrogens with zero attached hydrogens (tertiary/aromatic N) is 3. The molecule has 0 unspecified atom stereocenters. The van der Waals surface area contributed by atoms with Crippen molar-refractivity contribution in [2.75, 3.05) is 6.54 Å². The molecule has 1 N–H and O–H groups in total. The number of halogens is 2. The molecule has 0 amide bonds. The van der Waals surface area contributed by atoms with Gasteiger partial charge in [0, 0.05) is 35.9 Å². The average Bonchev–Trinajstić information content (AvgIpc) is 2.82. The van der Waals surface area contributed by atoms with Gasteiger partial charge in [0.2, 0.25) is 0 Å². The van der Waals surface area contributed by atoms with Crippen molar-refractivity contribution < 1.29 is 0 Å². The maximum absolute atomic E-state index is 4.04. The van der Waals surface area contributed by atoms with E-state index in [1.807, 2.05) is 11.6 Å². The van der Waals surface area contributed by atoms with Crippen LogP contribution in [-0.4, -0.2) is 21.3 Å². The maximum Gasteiger partial charge on any atom is 0.133 e. The van der Waals surface area contributed by atoms with Crippen molar-refractivity contribution in [3.63, 3.8) is 0 Å². The predicted octanol–water partition coefficient (Wildman–Crippen LogP) is 2.73. The van der Waals surface area contributed by atoms with E-state index >= 15 is 0 Å². The minimum Gasteiger partial charge on any atom is -0.321 e. The third kappa shape index (κ3) is 3.61.